The second kappa shape index (κ2) is 4.97. The van der Waals surface area contributed by atoms with Crippen LogP contribution in [0, 0.1) is 5.92 Å². The second-order valence-corrected chi connectivity index (χ2v) is 4.46. The molecule has 1 N–H and O–H groups in total. The zero-order valence-electron chi connectivity index (χ0n) is 8.53. The Kier molecular flexibility index (Phi) is 3.62. The van der Waals surface area contributed by atoms with Gasteiger partial charge in [0.15, 0.2) is 0 Å². The highest BCUT2D eigenvalue weighted by Gasteiger charge is 2.23. The fraction of sp³-hybridized carbons (Fsp3) is 0.500. The topological polar surface area (TPSA) is 29.5 Å². The summed E-state index contributed by atoms with van der Waals surface area (Å²) in [6, 6.07) is 7.78. The number of aliphatic hydroxyl groups is 1. The zero-order chi connectivity index (χ0) is 10.7. The predicted molar refractivity (Wildman–Crippen MR) is 60.1 cm³/mol. The Hall–Kier alpha value is -0.570. The van der Waals surface area contributed by atoms with Crippen LogP contribution in [-0.2, 0) is 11.2 Å². The van der Waals surface area contributed by atoms with Gasteiger partial charge < -0.3 is 9.84 Å². The maximum atomic E-state index is 9.79. The lowest BCUT2D eigenvalue weighted by Gasteiger charge is -2.27. The molecule has 1 aliphatic heterocycles. The Bertz CT molecular complexity index is 327. The van der Waals surface area contributed by atoms with Crippen LogP contribution < -0.4 is 0 Å². The molecule has 2 nitrogen and oxygen atoms in total. The van der Waals surface area contributed by atoms with E-state index in [4.69, 9.17) is 16.3 Å². The molecule has 0 radical (unpaired) electrons. The first-order chi connectivity index (χ1) is 7.25. The quantitative estimate of drug-likeness (QED) is 0.839. The van der Waals surface area contributed by atoms with E-state index in [-0.39, 0.29) is 12.0 Å². The third kappa shape index (κ3) is 2.94. The fourth-order valence-electron chi connectivity index (χ4n) is 1.95. The summed E-state index contributed by atoms with van der Waals surface area (Å²) in [6.45, 7) is 1.32. The number of halogens is 1. The van der Waals surface area contributed by atoms with Crippen molar-refractivity contribution in [3.8, 4) is 0 Å². The molecule has 1 fully saturated rings. The maximum Gasteiger partial charge on any atom is 0.0615 e. The molecule has 0 spiro atoms. The molecule has 0 amide bonds. The van der Waals surface area contributed by atoms with E-state index < -0.39 is 0 Å². The third-order valence-electron chi connectivity index (χ3n) is 2.82. The maximum absolute atomic E-state index is 9.79. The van der Waals surface area contributed by atoms with Crippen LogP contribution in [0.2, 0.25) is 5.02 Å². The van der Waals surface area contributed by atoms with Crippen LogP contribution in [0.1, 0.15) is 12.0 Å². The number of hydrogen-bond donors (Lipinski definition) is 1. The lowest BCUT2D eigenvalue weighted by molar-refractivity contribution is -0.0350. The second-order valence-electron chi connectivity index (χ2n) is 4.03. The molecule has 1 aromatic carbocycles. The molecular weight excluding hydrogens is 212 g/mol. The highest BCUT2D eigenvalue weighted by atomic mass is 35.5. The van der Waals surface area contributed by atoms with E-state index in [0.29, 0.717) is 13.2 Å². The molecule has 0 aromatic heterocycles. The van der Waals surface area contributed by atoms with Crippen molar-refractivity contribution >= 4 is 11.6 Å². The summed E-state index contributed by atoms with van der Waals surface area (Å²) < 4.78 is 5.36. The highest BCUT2D eigenvalue weighted by Crippen LogP contribution is 2.21. The SMILES string of the molecule is O[C@@H]1CCOC[C@@H]1Cc1cccc(Cl)c1. The summed E-state index contributed by atoms with van der Waals surface area (Å²) in [5.74, 6) is 0.206. The molecule has 1 aliphatic rings. The van der Waals surface area contributed by atoms with Crippen LogP contribution in [0.3, 0.4) is 0 Å². The molecule has 1 saturated heterocycles. The molecule has 1 heterocycles. The summed E-state index contributed by atoms with van der Waals surface area (Å²) in [7, 11) is 0. The average Bonchev–Trinajstić information content (AvgIpc) is 2.22. The van der Waals surface area contributed by atoms with Crippen molar-refractivity contribution in [2.45, 2.75) is 18.9 Å². The van der Waals surface area contributed by atoms with Gasteiger partial charge in [0.25, 0.3) is 0 Å². The highest BCUT2D eigenvalue weighted by molar-refractivity contribution is 6.30. The van der Waals surface area contributed by atoms with Crippen LogP contribution in [-0.4, -0.2) is 24.4 Å². The number of rotatable bonds is 2. The van der Waals surface area contributed by atoms with Gasteiger partial charge in [0.1, 0.15) is 0 Å². The lowest BCUT2D eigenvalue weighted by atomic mass is 9.92. The summed E-state index contributed by atoms with van der Waals surface area (Å²) in [6.07, 6.45) is 1.34. The number of aliphatic hydroxyl groups excluding tert-OH is 1. The molecule has 0 saturated carbocycles. The molecule has 0 aliphatic carbocycles. The van der Waals surface area contributed by atoms with Crippen molar-refractivity contribution in [3.05, 3.63) is 34.9 Å². The van der Waals surface area contributed by atoms with Gasteiger partial charge in [0.2, 0.25) is 0 Å². The molecule has 0 unspecified atom stereocenters. The Morgan fingerprint density at radius 2 is 2.33 bits per heavy atom. The van der Waals surface area contributed by atoms with Gasteiger partial charge >= 0.3 is 0 Å². The molecule has 82 valence electrons. The van der Waals surface area contributed by atoms with Crippen LogP contribution in [0.4, 0.5) is 0 Å². The van der Waals surface area contributed by atoms with Crippen molar-refractivity contribution in [3.63, 3.8) is 0 Å². The van der Waals surface area contributed by atoms with Gasteiger partial charge in [0.05, 0.1) is 12.7 Å². The average molecular weight is 227 g/mol. The molecule has 2 atom stereocenters. The van der Waals surface area contributed by atoms with E-state index in [1.54, 1.807) is 0 Å². The zero-order valence-corrected chi connectivity index (χ0v) is 9.28. The van der Waals surface area contributed by atoms with Crippen LogP contribution >= 0.6 is 11.6 Å². The van der Waals surface area contributed by atoms with Crippen molar-refractivity contribution in [2.24, 2.45) is 5.92 Å². The van der Waals surface area contributed by atoms with Crippen molar-refractivity contribution in [2.75, 3.05) is 13.2 Å². The molecular formula is C12H15ClO2. The van der Waals surface area contributed by atoms with E-state index in [9.17, 15) is 5.11 Å². The van der Waals surface area contributed by atoms with Crippen LogP contribution in [0.25, 0.3) is 0 Å². The number of hydrogen-bond acceptors (Lipinski definition) is 2. The fourth-order valence-corrected chi connectivity index (χ4v) is 2.16. The van der Waals surface area contributed by atoms with Gasteiger partial charge in [0, 0.05) is 17.5 Å². The number of ether oxygens (including phenoxy) is 1. The van der Waals surface area contributed by atoms with Gasteiger partial charge in [-0.2, -0.15) is 0 Å². The first kappa shape index (κ1) is 10.9. The molecule has 2 rings (SSSR count). The minimum atomic E-state index is -0.238. The minimum absolute atomic E-state index is 0.206. The summed E-state index contributed by atoms with van der Waals surface area (Å²) in [5, 5.41) is 10.5. The Balaban J connectivity index is 2.01. The third-order valence-corrected chi connectivity index (χ3v) is 3.06. The van der Waals surface area contributed by atoms with Gasteiger partial charge in [-0.15, -0.1) is 0 Å². The Labute approximate surface area is 94.8 Å². The van der Waals surface area contributed by atoms with Crippen molar-refractivity contribution < 1.29 is 9.84 Å². The lowest BCUT2D eigenvalue weighted by Crippen LogP contribution is -2.33. The Morgan fingerprint density at radius 3 is 3.07 bits per heavy atom. The van der Waals surface area contributed by atoms with E-state index in [0.717, 1.165) is 23.4 Å². The first-order valence-corrected chi connectivity index (χ1v) is 5.64. The molecule has 3 heteroatoms. The summed E-state index contributed by atoms with van der Waals surface area (Å²) in [5.41, 5.74) is 1.16. The standard InChI is InChI=1S/C12H15ClO2/c13-11-3-1-2-9(7-11)6-10-8-15-5-4-12(10)14/h1-3,7,10,12,14H,4-6,8H2/t10-,12+/m0/s1. The normalized spacial score (nSPS) is 26.5. The smallest absolute Gasteiger partial charge is 0.0615 e. The molecule has 15 heavy (non-hydrogen) atoms. The van der Waals surface area contributed by atoms with Gasteiger partial charge in [-0.1, -0.05) is 23.7 Å². The largest absolute Gasteiger partial charge is 0.393 e. The minimum Gasteiger partial charge on any atom is -0.393 e. The predicted octanol–water partition coefficient (Wildman–Crippen LogP) is 2.28. The van der Waals surface area contributed by atoms with E-state index >= 15 is 0 Å². The van der Waals surface area contributed by atoms with Crippen molar-refractivity contribution in [1.82, 2.24) is 0 Å². The van der Waals surface area contributed by atoms with Gasteiger partial charge in [-0.05, 0) is 30.5 Å². The van der Waals surface area contributed by atoms with Crippen molar-refractivity contribution in [1.29, 1.82) is 0 Å². The van der Waals surface area contributed by atoms with Gasteiger partial charge in [-0.3, -0.25) is 0 Å². The van der Waals surface area contributed by atoms with Gasteiger partial charge in [-0.25, -0.2) is 0 Å². The van der Waals surface area contributed by atoms with Crippen LogP contribution in [0.15, 0.2) is 24.3 Å². The molecule has 0 bridgehead atoms. The van der Waals surface area contributed by atoms with E-state index in [1.807, 2.05) is 24.3 Å². The summed E-state index contributed by atoms with van der Waals surface area (Å²) in [4.78, 5) is 0. The van der Waals surface area contributed by atoms with E-state index in [1.165, 1.54) is 0 Å². The summed E-state index contributed by atoms with van der Waals surface area (Å²) >= 11 is 5.91. The first-order valence-electron chi connectivity index (χ1n) is 5.26. The molecule has 1 aromatic rings. The monoisotopic (exact) mass is 226 g/mol. The number of benzene rings is 1. The van der Waals surface area contributed by atoms with Crippen LogP contribution in [0.5, 0.6) is 0 Å². The van der Waals surface area contributed by atoms with E-state index in [2.05, 4.69) is 0 Å². The Morgan fingerprint density at radius 1 is 1.47 bits per heavy atom.